The Kier molecular flexibility index (Phi) is 40.7. The molecule has 0 aliphatic carbocycles. The average Bonchev–Trinajstić information content (AvgIpc) is 3.14. The van der Waals surface area contributed by atoms with E-state index in [1.165, 1.54) is 141 Å². The Hall–Kier alpha value is -1.19. The molecular formula is C45H91NO7S. The van der Waals surface area contributed by atoms with Gasteiger partial charge in [-0.3, -0.25) is 14.1 Å². The average molecular weight is 790 g/mol. The number of hydrogen-bond acceptors (Lipinski definition) is 7. The first-order valence-corrected chi connectivity index (χ1v) is 24.6. The number of unbranched alkanes of at least 4 members (excludes halogenated alkanes) is 25. The molecule has 0 fully saturated rings. The van der Waals surface area contributed by atoms with Crippen LogP contribution in [0.1, 0.15) is 253 Å². The van der Waals surface area contributed by atoms with Crippen LogP contribution in [0.15, 0.2) is 0 Å². The molecule has 0 saturated heterocycles. The van der Waals surface area contributed by atoms with Crippen molar-refractivity contribution < 1.29 is 32.0 Å². The zero-order chi connectivity index (χ0) is 40.6. The summed E-state index contributed by atoms with van der Waals surface area (Å²) in [6.45, 7) is 11.4. The van der Waals surface area contributed by atoms with E-state index in [9.17, 15) is 22.6 Å². The van der Waals surface area contributed by atoms with Gasteiger partial charge >= 0.3 is 11.9 Å². The van der Waals surface area contributed by atoms with E-state index in [1.54, 1.807) is 0 Å². The van der Waals surface area contributed by atoms with Gasteiger partial charge in [0.2, 0.25) is 0 Å². The van der Waals surface area contributed by atoms with E-state index in [4.69, 9.17) is 15.2 Å². The Bertz CT molecular complexity index is 886. The van der Waals surface area contributed by atoms with Gasteiger partial charge in [-0.2, -0.15) is 8.42 Å². The molecule has 0 aromatic heterocycles. The van der Waals surface area contributed by atoms with Crippen LogP contribution in [0.3, 0.4) is 0 Å². The number of hydrogen-bond donors (Lipinski definition) is 2. The highest BCUT2D eigenvalue weighted by atomic mass is 32.2. The van der Waals surface area contributed by atoms with Crippen LogP contribution in [-0.2, 0) is 29.2 Å². The van der Waals surface area contributed by atoms with E-state index in [0.29, 0.717) is 12.8 Å². The lowest BCUT2D eigenvalue weighted by Gasteiger charge is -2.30. The van der Waals surface area contributed by atoms with Gasteiger partial charge in [0.1, 0.15) is 0 Å². The van der Waals surface area contributed by atoms with Crippen molar-refractivity contribution in [2.45, 2.75) is 264 Å². The molecule has 0 heterocycles. The molecule has 1 atom stereocenters. The standard InChI is InChI=1S/C25H53N.C20H38O7S/c1-4-7-10-13-16-19-22-25(26,23-20-17-14-11-8-5-2)24-21-18-15-12-9-6-3;1-3-5-7-9-11-13-15-26-19(21)17-18(28(23,24)25)20(22)27-16-14-12-10-8-6-4-2/h4-24,26H2,1-3H3;18H,3-17H2,1-2H3,(H,23,24,25). The van der Waals surface area contributed by atoms with E-state index in [0.717, 1.165) is 57.8 Å². The first-order chi connectivity index (χ1) is 26.0. The first-order valence-electron chi connectivity index (χ1n) is 23.1. The van der Waals surface area contributed by atoms with E-state index in [2.05, 4.69) is 34.6 Å². The minimum Gasteiger partial charge on any atom is -0.466 e. The minimum atomic E-state index is -4.73. The normalized spacial score (nSPS) is 12.3. The van der Waals surface area contributed by atoms with Crippen molar-refractivity contribution in [1.29, 1.82) is 0 Å². The van der Waals surface area contributed by atoms with Crippen molar-refractivity contribution in [3.63, 3.8) is 0 Å². The highest BCUT2D eigenvalue weighted by molar-refractivity contribution is 7.87. The second kappa shape index (κ2) is 40.0. The molecular weight excluding hydrogens is 699 g/mol. The molecule has 0 saturated carbocycles. The van der Waals surface area contributed by atoms with Crippen molar-refractivity contribution in [2.75, 3.05) is 13.2 Å². The second-order valence-electron chi connectivity index (χ2n) is 16.0. The molecule has 1 unspecified atom stereocenters. The predicted octanol–water partition coefficient (Wildman–Crippen LogP) is 13.4. The second-order valence-corrected chi connectivity index (χ2v) is 17.6. The molecule has 9 heteroatoms. The summed E-state index contributed by atoms with van der Waals surface area (Å²) in [7, 11) is -4.73. The van der Waals surface area contributed by atoms with Gasteiger partial charge in [0.15, 0.2) is 5.25 Å². The maximum atomic E-state index is 12.0. The van der Waals surface area contributed by atoms with Gasteiger partial charge in [-0.05, 0) is 32.1 Å². The Morgan fingerprint density at radius 3 is 1.07 bits per heavy atom. The van der Waals surface area contributed by atoms with Gasteiger partial charge in [-0.15, -0.1) is 0 Å². The van der Waals surface area contributed by atoms with Crippen LogP contribution in [0.5, 0.6) is 0 Å². The van der Waals surface area contributed by atoms with Crippen LogP contribution in [0, 0.1) is 0 Å². The first kappa shape index (κ1) is 54.9. The number of rotatable bonds is 39. The largest absolute Gasteiger partial charge is 0.466 e. The summed E-state index contributed by atoms with van der Waals surface area (Å²) in [4.78, 5) is 23.8. The van der Waals surface area contributed by atoms with E-state index in [1.807, 2.05) is 0 Å². The summed E-state index contributed by atoms with van der Waals surface area (Å²) in [5.41, 5.74) is 7.06. The molecule has 0 aliphatic rings. The van der Waals surface area contributed by atoms with Crippen LogP contribution in [0.4, 0.5) is 0 Å². The third kappa shape index (κ3) is 37.7. The monoisotopic (exact) mass is 790 g/mol. The molecule has 8 nitrogen and oxygen atoms in total. The third-order valence-corrected chi connectivity index (χ3v) is 11.6. The highest BCUT2D eigenvalue weighted by Gasteiger charge is 2.35. The summed E-state index contributed by atoms with van der Waals surface area (Å²) in [6.07, 6.45) is 40.1. The summed E-state index contributed by atoms with van der Waals surface area (Å²) >= 11 is 0. The Morgan fingerprint density at radius 2 is 0.759 bits per heavy atom. The molecule has 0 amide bonds. The third-order valence-electron chi connectivity index (χ3n) is 10.6. The summed E-state index contributed by atoms with van der Waals surface area (Å²) in [5.74, 6) is -1.93. The summed E-state index contributed by atoms with van der Waals surface area (Å²) < 4.78 is 42.0. The molecule has 0 bridgehead atoms. The van der Waals surface area contributed by atoms with Gasteiger partial charge in [0.05, 0.1) is 19.6 Å². The topological polar surface area (TPSA) is 133 Å². The summed E-state index contributed by atoms with van der Waals surface area (Å²) in [5, 5.41) is -1.93. The van der Waals surface area contributed by atoms with Crippen LogP contribution >= 0.6 is 0 Å². The molecule has 54 heavy (non-hydrogen) atoms. The number of esters is 2. The smallest absolute Gasteiger partial charge is 0.327 e. The maximum absolute atomic E-state index is 12.0. The Morgan fingerprint density at radius 1 is 0.481 bits per heavy atom. The fraction of sp³-hybridized carbons (Fsp3) is 0.956. The van der Waals surface area contributed by atoms with Crippen LogP contribution < -0.4 is 5.73 Å². The molecule has 3 N–H and O–H groups in total. The molecule has 0 aromatic carbocycles. The van der Waals surface area contributed by atoms with Crippen LogP contribution in [-0.4, -0.2) is 48.9 Å². The molecule has 0 radical (unpaired) electrons. The van der Waals surface area contributed by atoms with Crippen molar-refractivity contribution >= 4 is 22.1 Å². The molecule has 0 aromatic rings. The van der Waals surface area contributed by atoms with Gasteiger partial charge < -0.3 is 15.2 Å². The van der Waals surface area contributed by atoms with Gasteiger partial charge in [0.25, 0.3) is 10.1 Å². The van der Waals surface area contributed by atoms with Crippen LogP contribution in [0.2, 0.25) is 0 Å². The predicted molar refractivity (Wildman–Crippen MR) is 230 cm³/mol. The number of carbonyl (C=O) groups is 2. The zero-order valence-electron chi connectivity index (χ0n) is 36.4. The molecule has 0 spiro atoms. The zero-order valence-corrected chi connectivity index (χ0v) is 37.2. The van der Waals surface area contributed by atoms with Gasteiger partial charge in [-0.1, -0.05) is 214 Å². The summed E-state index contributed by atoms with van der Waals surface area (Å²) in [6, 6.07) is 0. The molecule has 0 rings (SSSR count). The fourth-order valence-electron chi connectivity index (χ4n) is 6.88. The molecule has 0 aliphatic heterocycles. The fourth-order valence-corrected chi connectivity index (χ4v) is 7.54. The number of ether oxygens (including phenoxy) is 2. The number of nitrogens with two attached hydrogens (primary N) is 1. The Labute approximate surface area is 335 Å². The highest BCUT2D eigenvalue weighted by Crippen LogP contribution is 2.27. The van der Waals surface area contributed by atoms with Crippen LogP contribution in [0.25, 0.3) is 0 Å². The Balaban J connectivity index is 0. The van der Waals surface area contributed by atoms with Crippen molar-refractivity contribution in [3.8, 4) is 0 Å². The lowest BCUT2D eigenvalue weighted by Crippen LogP contribution is -2.39. The minimum absolute atomic E-state index is 0.0732. The van der Waals surface area contributed by atoms with Crippen molar-refractivity contribution in [3.05, 3.63) is 0 Å². The molecule has 324 valence electrons. The van der Waals surface area contributed by atoms with E-state index >= 15 is 0 Å². The van der Waals surface area contributed by atoms with E-state index < -0.39 is 33.7 Å². The van der Waals surface area contributed by atoms with E-state index in [-0.39, 0.29) is 18.8 Å². The quantitative estimate of drug-likeness (QED) is 0.0357. The van der Waals surface area contributed by atoms with Crippen molar-refractivity contribution in [1.82, 2.24) is 0 Å². The SMILES string of the molecule is CCCCCCCCC(N)(CCCCCCCC)CCCCCCCC.CCCCCCCCOC(=O)CC(C(=O)OCCCCCCCC)S(=O)(=O)O. The van der Waals surface area contributed by atoms with Gasteiger partial charge in [0, 0.05) is 5.54 Å². The lowest BCUT2D eigenvalue weighted by molar-refractivity contribution is -0.150. The number of carbonyl (C=O) groups excluding carboxylic acids is 2. The maximum Gasteiger partial charge on any atom is 0.327 e. The van der Waals surface area contributed by atoms with Gasteiger partial charge in [-0.25, -0.2) is 0 Å². The lowest BCUT2D eigenvalue weighted by atomic mass is 9.82. The van der Waals surface area contributed by atoms with Crippen molar-refractivity contribution in [2.24, 2.45) is 5.73 Å².